The smallest absolute Gasteiger partial charge is 0.423 e. The van der Waals surface area contributed by atoms with Crippen molar-refractivity contribution < 1.29 is 34.3 Å². The van der Waals surface area contributed by atoms with Crippen LogP contribution < -0.4 is 26.1 Å². The molecule has 0 unspecified atom stereocenters. The van der Waals surface area contributed by atoms with Crippen molar-refractivity contribution in [3.8, 4) is 0 Å². The fourth-order valence-electron chi connectivity index (χ4n) is 9.25. The Kier molecular flexibility index (Phi) is 17.7. The Hall–Kier alpha value is -6.44. The Bertz CT molecular complexity index is 2960. The first-order valence-electron chi connectivity index (χ1n) is 23.9. The number of aryl methyl sites for hydroxylation is 1. The molecule has 6 aromatic carbocycles. The second kappa shape index (κ2) is 24.2. The number of carbonyl (C=O) groups excluding carboxylic acids is 2. The Morgan fingerprint density at radius 3 is 1.78 bits per heavy atom. The van der Waals surface area contributed by atoms with E-state index in [9.17, 15) is 29.7 Å². The maximum Gasteiger partial charge on any atom is 0.488 e. The number of amides is 2. The van der Waals surface area contributed by atoms with Gasteiger partial charge in [-0.25, -0.2) is 0 Å². The second-order valence-corrected chi connectivity index (χ2v) is 18.2. The molecule has 0 radical (unpaired) electrons. The number of para-hydroxylation sites is 1. The van der Waals surface area contributed by atoms with Gasteiger partial charge in [-0.1, -0.05) is 116 Å². The zero-order chi connectivity index (χ0) is 48.9. The summed E-state index contributed by atoms with van der Waals surface area (Å²) in [5, 5.41) is 52.0. The molecule has 2 amide bonds. The van der Waals surface area contributed by atoms with Crippen molar-refractivity contribution in [1.29, 1.82) is 0 Å². The number of unbranched alkanes of at least 4 members (excludes halogenated alkanes) is 2. The summed E-state index contributed by atoms with van der Waals surface area (Å²) in [5.41, 5.74) is 8.84. The van der Waals surface area contributed by atoms with Crippen LogP contribution in [-0.4, -0.2) is 83.1 Å². The van der Waals surface area contributed by atoms with Crippen molar-refractivity contribution in [2.45, 2.75) is 71.8 Å². The lowest BCUT2D eigenvalue weighted by Crippen LogP contribution is -2.35. The summed E-state index contributed by atoms with van der Waals surface area (Å²) >= 11 is 0. The van der Waals surface area contributed by atoms with Gasteiger partial charge < -0.3 is 30.7 Å². The van der Waals surface area contributed by atoms with Gasteiger partial charge in [0.25, 0.3) is 0 Å². The van der Waals surface area contributed by atoms with Gasteiger partial charge >= 0.3 is 14.2 Å². The molecule has 11 nitrogen and oxygen atoms in total. The average molecular weight is 925 g/mol. The minimum absolute atomic E-state index is 0.0350. The molecule has 7 aromatic rings. The lowest BCUT2D eigenvalue weighted by Gasteiger charge is -2.25. The van der Waals surface area contributed by atoms with Crippen LogP contribution in [0, 0.1) is 0 Å². The largest absolute Gasteiger partial charge is 0.488 e. The minimum atomic E-state index is -1.56. The lowest BCUT2D eigenvalue weighted by molar-refractivity contribution is -0.671. The number of hydrogen-bond acceptors (Lipinski definition) is 8. The summed E-state index contributed by atoms with van der Waals surface area (Å²) in [6.07, 6.45) is 10.3. The number of aromatic nitrogens is 1. The van der Waals surface area contributed by atoms with E-state index in [1.165, 1.54) is 11.1 Å². The first kappa shape index (κ1) is 50.4. The summed E-state index contributed by atoms with van der Waals surface area (Å²) in [6.45, 7) is 9.44. The van der Waals surface area contributed by atoms with Crippen LogP contribution in [0.5, 0.6) is 0 Å². The molecule has 0 aliphatic carbocycles. The number of nitrogens with zero attached hydrogens (tertiary/aromatic N) is 3. The molecule has 0 bridgehead atoms. The minimum Gasteiger partial charge on any atom is -0.423 e. The molecular formula is C56H64B2N5O6+. The molecule has 1 heterocycles. The Morgan fingerprint density at radius 1 is 0.609 bits per heavy atom. The van der Waals surface area contributed by atoms with Crippen molar-refractivity contribution in [2.24, 2.45) is 0 Å². The number of pyridine rings is 1. The van der Waals surface area contributed by atoms with E-state index in [0.29, 0.717) is 68.6 Å². The molecular weight excluding hydrogens is 860 g/mol. The first-order valence-corrected chi connectivity index (χ1v) is 23.9. The number of hydrogen-bond donors (Lipinski definition) is 6. The van der Waals surface area contributed by atoms with E-state index in [-0.39, 0.29) is 11.8 Å². The molecule has 0 spiro atoms. The van der Waals surface area contributed by atoms with Crippen molar-refractivity contribution in [2.75, 3.05) is 27.2 Å². The summed E-state index contributed by atoms with van der Waals surface area (Å²) in [5.74, 6) is -0.128. The van der Waals surface area contributed by atoms with Gasteiger partial charge in [0.15, 0.2) is 6.20 Å². The highest BCUT2D eigenvalue weighted by Gasteiger charge is 2.21. The van der Waals surface area contributed by atoms with E-state index < -0.39 is 14.2 Å². The summed E-state index contributed by atoms with van der Waals surface area (Å²) in [7, 11) is 0.997. The third-order valence-corrected chi connectivity index (χ3v) is 12.7. The van der Waals surface area contributed by atoms with Crippen LogP contribution in [0.4, 0.5) is 0 Å². The van der Waals surface area contributed by atoms with Crippen molar-refractivity contribution in [3.63, 3.8) is 0 Å². The Labute approximate surface area is 406 Å². The number of nitrogens with one attached hydrogen (secondary N) is 2. The predicted octanol–water partition coefficient (Wildman–Crippen LogP) is 5.99. The van der Waals surface area contributed by atoms with Gasteiger partial charge in [-0.15, -0.1) is 0 Å². The van der Waals surface area contributed by atoms with Crippen molar-refractivity contribution in [3.05, 3.63) is 173 Å². The SMILES string of the molecule is C=C(C)C(=O)NCCCNC(=O)CCCCC[n+]1ccc(/C=C/c2ccc3c(CN(C)Cc4ccccc4B(O)O)c4ccccc4c(CN(C)Cc4ccccc4B(O)O)c3c2)c2ccccc21. The van der Waals surface area contributed by atoms with E-state index in [1.54, 1.807) is 19.1 Å². The van der Waals surface area contributed by atoms with Crippen LogP contribution in [-0.2, 0) is 42.3 Å². The molecule has 0 atom stereocenters. The zero-order valence-electron chi connectivity index (χ0n) is 40.1. The third-order valence-electron chi connectivity index (χ3n) is 12.7. The van der Waals surface area contributed by atoms with Crippen LogP contribution in [0.25, 0.3) is 44.6 Å². The van der Waals surface area contributed by atoms with Gasteiger partial charge in [-0.05, 0) is 118 Å². The fraction of sp³-hybridized carbons (Fsp3) is 0.268. The molecule has 0 aliphatic heterocycles. The molecule has 0 saturated heterocycles. The van der Waals surface area contributed by atoms with Crippen LogP contribution in [0.2, 0.25) is 0 Å². The van der Waals surface area contributed by atoms with Gasteiger partial charge in [0, 0.05) is 69.8 Å². The van der Waals surface area contributed by atoms with Gasteiger partial charge in [-0.2, -0.15) is 4.57 Å². The molecule has 0 fully saturated rings. The highest BCUT2D eigenvalue weighted by molar-refractivity contribution is 6.59. The van der Waals surface area contributed by atoms with E-state index in [4.69, 9.17) is 0 Å². The maximum absolute atomic E-state index is 12.4. The number of carbonyl (C=O) groups is 2. The summed E-state index contributed by atoms with van der Waals surface area (Å²) < 4.78 is 2.29. The molecule has 7 rings (SSSR count). The van der Waals surface area contributed by atoms with E-state index in [1.807, 2.05) is 36.4 Å². The van der Waals surface area contributed by atoms with Crippen LogP contribution >= 0.6 is 0 Å². The fourth-order valence-corrected chi connectivity index (χ4v) is 9.25. The molecule has 1 aromatic heterocycles. The topological polar surface area (TPSA) is 149 Å². The highest BCUT2D eigenvalue weighted by atomic mass is 16.4. The first-order chi connectivity index (χ1) is 33.4. The predicted molar refractivity (Wildman–Crippen MR) is 281 cm³/mol. The van der Waals surface area contributed by atoms with Gasteiger partial charge in [0.1, 0.15) is 6.54 Å². The number of fused-ring (bicyclic) bond motifs is 3. The summed E-state index contributed by atoms with van der Waals surface area (Å²) in [4.78, 5) is 28.5. The normalized spacial score (nSPS) is 11.6. The van der Waals surface area contributed by atoms with E-state index >= 15 is 0 Å². The number of benzene rings is 6. The van der Waals surface area contributed by atoms with Crippen LogP contribution in [0.1, 0.15) is 72.4 Å². The van der Waals surface area contributed by atoms with Gasteiger partial charge in [0.05, 0.1) is 5.39 Å². The van der Waals surface area contributed by atoms with E-state index in [2.05, 4.69) is 137 Å². The molecule has 0 aliphatic rings. The zero-order valence-corrected chi connectivity index (χ0v) is 40.1. The van der Waals surface area contributed by atoms with Crippen LogP contribution in [0.15, 0.2) is 140 Å². The quantitative estimate of drug-likeness (QED) is 0.0151. The van der Waals surface area contributed by atoms with Gasteiger partial charge in [-0.3, -0.25) is 19.4 Å². The molecule has 6 N–H and O–H groups in total. The van der Waals surface area contributed by atoms with E-state index in [0.717, 1.165) is 80.5 Å². The molecule has 0 saturated carbocycles. The standard InChI is InChI=1S/C56H63B2N5O6/c1-40(2)56(65)60-32-16-31-59-55(64)25-6-5-15-33-63-34-30-42(45-19-11-14-24-54(45)63)28-26-41-27-29-48-49(35-41)51(39-62(4)37-44-18-8-13-23-53(44)58(68)69)47-21-10-9-20-46(47)50(48)38-61(3)36-43-17-7-12-22-52(43)57(66)67/h7-14,17-24,26-30,34-35,66-69H,1,5-6,15-16,25,31-33,36-39H2,2-4H3,(H-,59,60,64,65)/p+1/b28-26+. The maximum atomic E-state index is 12.4. The lowest BCUT2D eigenvalue weighted by atomic mass is 9.77. The molecule has 69 heavy (non-hydrogen) atoms. The monoisotopic (exact) mass is 925 g/mol. The Balaban J connectivity index is 1.13. The van der Waals surface area contributed by atoms with Crippen molar-refractivity contribution in [1.82, 2.24) is 20.4 Å². The second-order valence-electron chi connectivity index (χ2n) is 18.2. The average Bonchev–Trinajstić information content (AvgIpc) is 3.34. The number of rotatable bonds is 23. The molecule has 13 heteroatoms. The molecule has 354 valence electrons. The van der Waals surface area contributed by atoms with Crippen LogP contribution in [0.3, 0.4) is 0 Å². The highest BCUT2D eigenvalue weighted by Crippen LogP contribution is 2.36. The van der Waals surface area contributed by atoms with Crippen molar-refractivity contribution >= 4 is 81.6 Å². The Morgan fingerprint density at radius 2 is 1.16 bits per heavy atom. The third kappa shape index (κ3) is 13.2. The van der Waals surface area contributed by atoms with Gasteiger partial charge in [0.2, 0.25) is 17.3 Å². The summed E-state index contributed by atoms with van der Waals surface area (Å²) in [6, 6.07) is 40.7.